The zero-order valence-corrected chi connectivity index (χ0v) is 11.2. The third-order valence-corrected chi connectivity index (χ3v) is 3.04. The third kappa shape index (κ3) is 4.27. The van der Waals surface area contributed by atoms with Crippen LogP contribution in [-0.4, -0.2) is 29.1 Å². The summed E-state index contributed by atoms with van der Waals surface area (Å²) >= 11 is 5.82. The number of halogens is 2. The molecule has 0 radical (unpaired) electrons. The third-order valence-electron chi connectivity index (χ3n) is 2.80. The number of benzene rings is 1. The van der Waals surface area contributed by atoms with Crippen molar-refractivity contribution in [2.45, 2.75) is 20.4 Å². The summed E-state index contributed by atoms with van der Waals surface area (Å²) < 4.78 is 13.6. The van der Waals surface area contributed by atoms with Crippen LogP contribution in [0.5, 0.6) is 0 Å². The Balaban J connectivity index is 2.73. The molecule has 0 aliphatic carbocycles. The molecular formula is C13H17ClFNO2. The van der Waals surface area contributed by atoms with E-state index in [1.807, 2.05) is 11.8 Å². The second kappa shape index (κ2) is 6.71. The van der Waals surface area contributed by atoms with E-state index in [1.54, 1.807) is 13.0 Å². The van der Waals surface area contributed by atoms with Crippen LogP contribution in [0.1, 0.15) is 19.4 Å². The molecule has 1 rings (SSSR count). The van der Waals surface area contributed by atoms with Crippen molar-refractivity contribution in [3.05, 3.63) is 34.6 Å². The summed E-state index contributed by atoms with van der Waals surface area (Å²) in [6.45, 7) is 4.96. The maximum atomic E-state index is 13.6. The van der Waals surface area contributed by atoms with Crippen LogP contribution in [0.15, 0.2) is 18.2 Å². The van der Waals surface area contributed by atoms with E-state index in [2.05, 4.69) is 0 Å². The Kier molecular flexibility index (Phi) is 5.56. The van der Waals surface area contributed by atoms with E-state index in [9.17, 15) is 9.18 Å². The Morgan fingerprint density at radius 1 is 1.56 bits per heavy atom. The summed E-state index contributed by atoms with van der Waals surface area (Å²) in [6.07, 6.45) is 0. The Morgan fingerprint density at radius 2 is 2.22 bits per heavy atom. The van der Waals surface area contributed by atoms with Gasteiger partial charge in [0.15, 0.2) is 0 Å². The van der Waals surface area contributed by atoms with Crippen LogP contribution in [0.3, 0.4) is 0 Å². The molecule has 0 heterocycles. The molecular weight excluding hydrogens is 257 g/mol. The molecule has 1 atom stereocenters. The SMILES string of the molecule is CCN(Cc1cc(Cl)ccc1F)CC(C)C(=O)O. The van der Waals surface area contributed by atoms with Crippen LogP contribution in [0.2, 0.25) is 5.02 Å². The smallest absolute Gasteiger partial charge is 0.307 e. The molecule has 0 aliphatic heterocycles. The van der Waals surface area contributed by atoms with Crippen molar-refractivity contribution in [1.82, 2.24) is 4.90 Å². The molecule has 0 saturated heterocycles. The first kappa shape index (κ1) is 14.9. The zero-order valence-electron chi connectivity index (χ0n) is 10.5. The number of hydrogen-bond donors (Lipinski definition) is 1. The van der Waals surface area contributed by atoms with Gasteiger partial charge in [-0.05, 0) is 24.7 Å². The highest BCUT2D eigenvalue weighted by Crippen LogP contribution is 2.17. The van der Waals surface area contributed by atoms with Crippen molar-refractivity contribution >= 4 is 17.6 Å². The summed E-state index contributed by atoms with van der Waals surface area (Å²) in [5, 5.41) is 9.35. The monoisotopic (exact) mass is 273 g/mol. The topological polar surface area (TPSA) is 40.5 Å². The maximum Gasteiger partial charge on any atom is 0.307 e. The first-order chi connectivity index (χ1) is 8.43. The molecule has 1 aromatic rings. The molecule has 1 aromatic carbocycles. The second-order valence-electron chi connectivity index (χ2n) is 4.30. The largest absolute Gasteiger partial charge is 0.481 e. The van der Waals surface area contributed by atoms with Gasteiger partial charge in [0, 0.05) is 23.7 Å². The fraction of sp³-hybridized carbons (Fsp3) is 0.462. The number of rotatable bonds is 6. The molecule has 3 nitrogen and oxygen atoms in total. The van der Waals surface area contributed by atoms with Gasteiger partial charge in [-0.1, -0.05) is 25.4 Å². The van der Waals surface area contributed by atoms with Gasteiger partial charge in [-0.2, -0.15) is 0 Å². The van der Waals surface area contributed by atoms with Crippen LogP contribution in [0.25, 0.3) is 0 Å². The molecule has 18 heavy (non-hydrogen) atoms. The highest BCUT2D eigenvalue weighted by atomic mass is 35.5. The van der Waals surface area contributed by atoms with Crippen LogP contribution < -0.4 is 0 Å². The Labute approximate surface area is 111 Å². The van der Waals surface area contributed by atoms with Gasteiger partial charge in [0.05, 0.1) is 5.92 Å². The number of aliphatic carboxylic acids is 1. The van der Waals surface area contributed by atoms with E-state index >= 15 is 0 Å². The van der Waals surface area contributed by atoms with Gasteiger partial charge in [-0.25, -0.2) is 4.39 Å². The number of carbonyl (C=O) groups is 1. The Morgan fingerprint density at radius 3 is 2.78 bits per heavy atom. The van der Waals surface area contributed by atoms with Gasteiger partial charge >= 0.3 is 5.97 Å². The first-order valence-corrected chi connectivity index (χ1v) is 6.21. The normalized spacial score (nSPS) is 12.7. The van der Waals surface area contributed by atoms with Crippen LogP contribution in [0.4, 0.5) is 4.39 Å². The molecule has 0 fully saturated rings. The van der Waals surface area contributed by atoms with Gasteiger partial charge in [-0.3, -0.25) is 9.69 Å². The van der Waals surface area contributed by atoms with Gasteiger partial charge in [-0.15, -0.1) is 0 Å². The van der Waals surface area contributed by atoms with Crippen LogP contribution in [-0.2, 0) is 11.3 Å². The van der Waals surface area contributed by atoms with Crippen molar-refractivity contribution in [2.24, 2.45) is 5.92 Å². The lowest BCUT2D eigenvalue weighted by Gasteiger charge is -2.22. The van der Waals surface area contributed by atoms with Gasteiger partial charge in [0.1, 0.15) is 5.82 Å². The lowest BCUT2D eigenvalue weighted by Crippen LogP contribution is -2.31. The quantitative estimate of drug-likeness (QED) is 0.866. The molecule has 0 aromatic heterocycles. The molecule has 1 unspecified atom stereocenters. The maximum absolute atomic E-state index is 13.6. The molecule has 1 N–H and O–H groups in total. The number of carboxylic acids is 1. The summed E-state index contributed by atoms with van der Waals surface area (Å²) in [7, 11) is 0. The van der Waals surface area contributed by atoms with E-state index in [0.29, 0.717) is 30.2 Å². The first-order valence-electron chi connectivity index (χ1n) is 5.83. The fourth-order valence-electron chi connectivity index (χ4n) is 1.68. The average molecular weight is 274 g/mol. The molecule has 0 aliphatic rings. The van der Waals surface area contributed by atoms with Crippen LogP contribution >= 0.6 is 11.6 Å². The number of carboxylic acid groups (broad SMARTS) is 1. The molecule has 0 saturated carbocycles. The van der Waals surface area contributed by atoms with Gasteiger partial charge in [0.2, 0.25) is 0 Å². The average Bonchev–Trinajstić information content (AvgIpc) is 2.32. The molecule has 0 spiro atoms. The highest BCUT2D eigenvalue weighted by molar-refractivity contribution is 6.30. The molecule has 0 bridgehead atoms. The van der Waals surface area contributed by atoms with Crippen molar-refractivity contribution in [3.8, 4) is 0 Å². The zero-order chi connectivity index (χ0) is 13.7. The summed E-state index contributed by atoms with van der Waals surface area (Å²) in [4.78, 5) is 12.7. The summed E-state index contributed by atoms with van der Waals surface area (Å²) in [5.41, 5.74) is 0.488. The van der Waals surface area contributed by atoms with E-state index in [-0.39, 0.29) is 5.82 Å². The van der Waals surface area contributed by atoms with E-state index in [1.165, 1.54) is 12.1 Å². The van der Waals surface area contributed by atoms with Crippen molar-refractivity contribution in [3.63, 3.8) is 0 Å². The summed E-state index contributed by atoms with van der Waals surface area (Å²) in [6, 6.07) is 4.40. The van der Waals surface area contributed by atoms with E-state index in [4.69, 9.17) is 16.7 Å². The Hall–Kier alpha value is -1.13. The minimum absolute atomic E-state index is 0.319. The minimum atomic E-state index is -0.847. The lowest BCUT2D eigenvalue weighted by atomic mass is 10.1. The molecule has 5 heteroatoms. The predicted molar refractivity (Wildman–Crippen MR) is 69.2 cm³/mol. The van der Waals surface area contributed by atoms with Crippen molar-refractivity contribution in [2.75, 3.05) is 13.1 Å². The predicted octanol–water partition coefficient (Wildman–Crippen LogP) is 3.02. The van der Waals surface area contributed by atoms with Crippen molar-refractivity contribution in [1.29, 1.82) is 0 Å². The van der Waals surface area contributed by atoms with Crippen molar-refractivity contribution < 1.29 is 14.3 Å². The summed E-state index contributed by atoms with van der Waals surface area (Å²) in [5.74, 6) is -1.65. The van der Waals surface area contributed by atoms with Gasteiger partial charge in [0.25, 0.3) is 0 Å². The molecule has 100 valence electrons. The minimum Gasteiger partial charge on any atom is -0.481 e. The van der Waals surface area contributed by atoms with Gasteiger partial charge < -0.3 is 5.11 Å². The van der Waals surface area contributed by atoms with E-state index in [0.717, 1.165) is 0 Å². The highest BCUT2D eigenvalue weighted by Gasteiger charge is 2.16. The number of hydrogen-bond acceptors (Lipinski definition) is 2. The Bertz CT molecular complexity index is 425. The second-order valence-corrected chi connectivity index (χ2v) is 4.74. The molecule has 0 amide bonds. The number of nitrogens with zero attached hydrogens (tertiary/aromatic N) is 1. The standard InChI is InChI=1S/C13H17ClFNO2/c1-3-16(7-9(2)13(17)18)8-10-6-11(14)4-5-12(10)15/h4-6,9H,3,7-8H2,1-2H3,(H,17,18). The lowest BCUT2D eigenvalue weighted by molar-refractivity contribution is -0.141. The van der Waals surface area contributed by atoms with E-state index < -0.39 is 11.9 Å². The fourth-order valence-corrected chi connectivity index (χ4v) is 1.87. The van der Waals surface area contributed by atoms with Crippen LogP contribution in [0, 0.1) is 11.7 Å².